The van der Waals surface area contributed by atoms with Gasteiger partial charge in [-0.05, 0) is 30.7 Å². The molecule has 3 heteroatoms. The number of fused-ring (bicyclic) bond motifs is 2. The van der Waals surface area contributed by atoms with Crippen molar-refractivity contribution in [1.29, 1.82) is 0 Å². The molecule has 2 N–H and O–H groups in total. The van der Waals surface area contributed by atoms with Gasteiger partial charge in [0, 0.05) is 22.9 Å². The highest BCUT2D eigenvalue weighted by molar-refractivity contribution is 7.10. The van der Waals surface area contributed by atoms with Crippen molar-refractivity contribution in [3.8, 4) is 0 Å². The molecule has 2 bridgehead atoms. The third-order valence-corrected chi connectivity index (χ3v) is 4.53. The van der Waals surface area contributed by atoms with E-state index in [9.17, 15) is 5.11 Å². The van der Waals surface area contributed by atoms with E-state index in [1.54, 1.807) is 11.3 Å². The lowest BCUT2D eigenvalue weighted by Gasteiger charge is -2.24. The fourth-order valence-electron chi connectivity index (χ4n) is 2.89. The normalized spacial score (nSPS) is 37.6. The first-order chi connectivity index (χ1) is 6.84. The molecule has 0 amide bonds. The molecule has 1 aromatic heterocycles. The highest BCUT2D eigenvalue weighted by atomic mass is 32.1. The lowest BCUT2D eigenvalue weighted by atomic mass is 9.84. The molecule has 3 rings (SSSR count). The van der Waals surface area contributed by atoms with Crippen molar-refractivity contribution in [3.05, 3.63) is 22.4 Å². The van der Waals surface area contributed by atoms with Gasteiger partial charge in [-0.15, -0.1) is 11.3 Å². The van der Waals surface area contributed by atoms with Gasteiger partial charge in [0.05, 0.1) is 6.10 Å². The smallest absolute Gasteiger partial charge is 0.0925 e. The Labute approximate surface area is 88.0 Å². The summed E-state index contributed by atoms with van der Waals surface area (Å²) in [6.45, 7) is 0. The van der Waals surface area contributed by atoms with Gasteiger partial charge >= 0.3 is 0 Å². The Hall–Kier alpha value is -0.380. The standard InChI is InChI=1S/C11H15NOS/c13-11(10-2-1-5-14-10)8-6-7-3-4-9(8)12-7/h1-2,5,7-9,11-13H,3-4,6H2. The van der Waals surface area contributed by atoms with Crippen molar-refractivity contribution in [2.75, 3.05) is 0 Å². The van der Waals surface area contributed by atoms with Gasteiger partial charge in [-0.3, -0.25) is 0 Å². The number of nitrogens with one attached hydrogen (secondary N) is 1. The van der Waals surface area contributed by atoms with Gasteiger partial charge in [0.15, 0.2) is 0 Å². The zero-order valence-electron chi connectivity index (χ0n) is 8.02. The zero-order chi connectivity index (χ0) is 9.54. The van der Waals surface area contributed by atoms with Gasteiger partial charge in [-0.2, -0.15) is 0 Å². The maximum atomic E-state index is 10.2. The van der Waals surface area contributed by atoms with E-state index in [1.165, 1.54) is 12.8 Å². The molecule has 0 spiro atoms. The molecule has 0 saturated carbocycles. The van der Waals surface area contributed by atoms with E-state index in [1.807, 2.05) is 17.5 Å². The van der Waals surface area contributed by atoms with Crippen LogP contribution < -0.4 is 5.32 Å². The molecule has 2 saturated heterocycles. The third-order valence-electron chi connectivity index (χ3n) is 3.59. The third kappa shape index (κ3) is 1.31. The Balaban J connectivity index is 1.77. The fraction of sp³-hybridized carbons (Fsp3) is 0.636. The molecule has 1 aromatic rings. The number of aliphatic hydroxyl groups is 1. The number of hydrogen-bond acceptors (Lipinski definition) is 3. The molecule has 76 valence electrons. The van der Waals surface area contributed by atoms with E-state index in [0.29, 0.717) is 18.0 Å². The van der Waals surface area contributed by atoms with Gasteiger partial charge in [-0.1, -0.05) is 6.07 Å². The van der Waals surface area contributed by atoms with Crippen LogP contribution in [0.15, 0.2) is 17.5 Å². The van der Waals surface area contributed by atoms with Crippen LogP contribution in [0.3, 0.4) is 0 Å². The van der Waals surface area contributed by atoms with Crippen molar-refractivity contribution in [2.45, 2.75) is 37.5 Å². The molecular weight excluding hydrogens is 194 g/mol. The molecule has 0 radical (unpaired) electrons. The minimum absolute atomic E-state index is 0.238. The summed E-state index contributed by atoms with van der Waals surface area (Å²) in [5.41, 5.74) is 0. The predicted octanol–water partition coefficient (Wildman–Crippen LogP) is 1.92. The van der Waals surface area contributed by atoms with Crippen molar-refractivity contribution >= 4 is 11.3 Å². The number of aliphatic hydroxyl groups excluding tert-OH is 1. The highest BCUT2D eigenvalue weighted by Gasteiger charge is 2.42. The predicted molar refractivity (Wildman–Crippen MR) is 57.3 cm³/mol. The van der Waals surface area contributed by atoms with Crippen LogP contribution in [0.5, 0.6) is 0 Å². The largest absolute Gasteiger partial charge is 0.387 e. The SMILES string of the molecule is OC(c1cccs1)C1CC2CCC1N2. The van der Waals surface area contributed by atoms with Crippen LogP contribution in [0.1, 0.15) is 30.2 Å². The lowest BCUT2D eigenvalue weighted by molar-refractivity contribution is 0.0962. The van der Waals surface area contributed by atoms with Crippen LogP contribution in [-0.2, 0) is 0 Å². The first-order valence-corrected chi connectivity index (χ1v) is 6.20. The summed E-state index contributed by atoms with van der Waals surface area (Å²) in [5, 5.41) is 15.8. The van der Waals surface area contributed by atoms with Crippen LogP contribution in [0, 0.1) is 5.92 Å². The summed E-state index contributed by atoms with van der Waals surface area (Å²) in [7, 11) is 0. The summed E-state index contributed by atoms with van der Waals surface area (Å²) >= 11 is 1.67. The van der Waals surface area contributed by atoms with Crippen LogP contribution >= 0.6 is 11.3 Å². The topological polar surface area (TPSA) is 32.3 Å². The summed E-state index contributed by atoms with van der Waals surface area (Å²) in [5.74, 6) is 0.451. The molecule has 2 aliphatic heterocycles. The Morgan fingerprint density at radius 3 is 3.00 bits per heavy atom. The first-order valence-electron chi connectivity index (χ1n) is 5.32. The molecule has 2 nitrogen and oxygen atoms in total. The first kappa shape index (κ1) is 8.89. The second kappa shape index (κ2) is 3.33. The average molecular weight is 209 g/mol. The van der Waals surface area contributed by atoms with Crippen LogP contribution in [0.2, 0.25) is 0 Å². The summed E-state index contributed by atoms with van der Waals surface area (Å²) in [4.78, 5) is 1.13. The van der Waals surface area contributed by atoms with Gasteiger partial charge in [0.1, 0.15) is 0 Å². The maximum absolute atomic E-state index is 10.2. The van der Waals surface area contributed by atoms with E-state index < -0.39 is 0 Å². The number of rotatable bonds is 2. The van der Waals surface area contributed by atoms with Gasteiger partial charge in [0.25, 0.3) is 0 Å². The second-order valence-corrected chi connectivity index (χ2v) is 5.39. The minimum Gasteiger partial charge on any atom is -0.387 e. The maximum Gasteiger partial charge on any atom is 0.0925 e. The molecule has 2 aliphatic rings. The van der Waals surface area contributed by atoms with Crippen molar-refractivity contribution in [3.63, 3.8) is 0 Å². The zero-order valence-corrected chi connectivity index (χ0v) is 8.83. The molecule has 2 fully saturated rings. The van der Waals surface area contributed by atoms with Crippen molar-refractivity contribution in [1.82, 2.24) is 5.32 Å². The van der Waals surface area contributed by atoms with Crippen LogP contribution in [-0.4, -0.2) is 17.2 Å². The molecule has 14 heavy (non-hydrogen) atoms. The van der Waals surface area contributed by atoms with Crippen molar-refractivity contribution < 1.29 is 5.11 Å². The minimum atomic E-state index is -0.238. The van der Waals surface area contributed by atoms with Crippen LogP contribution in [0.25, 0.3) is 0 Å². The van der Waals surface area contributed by atoms with E-state index in [2.05, 4.69) is 5.32 Å². The summed E-state index contributed by atoms with van der Waals surface area (Å²) in [6, 6.07) is 5.31. The number of thiophene rings is 1. The summed E-state index contributed by atoms with van der Waals surface area (Å²) < 4.78 is 0. The lowest BCUT2D eigenvalue weighted by Crippen LogP contribution is -2.26. The molecule has 0 aromatic carbocycles. The molecule has 3 heterocycles. The number of hydrogen-bond donors (Lipinski definition) is 2. The van der Waals surface area contributed by atoms with E-state index >= 15 is 0 Å². The fourth-order valence-corrected chi connectivity index (χ4v) is 3.67. The Morgan fingerprint density at radius 1 is 1.50 bits per heavy atom. The second-order valence-electron chi connectivity index (χ2n) is 4.41. The van der Waals surface area contributed by atoms with Crippen molar-refractivity contribution in [2.24, 2.45) is 5.92 Å². The van der Waals surface area contributed by atoms with E-state index in [0.717, 1.165) is 11.3 Å². The van der Waals surface area contributed by atoms with Gasteiger partial charge in [0.2, 0.25) is 0 Å². The highest BCUT2D eigenvalue weighted by Crippen LogP contribution is 2.41. The van der Waals surface area contributed by atoms with Gasteiger partial charge in [-0.25, -0.2) is 0 Å². The quantitative estimate of drug-likeness (QED) is 0.780. The average Bonchev–Trinajstić information content (AvgIpc) is 2.93. The molecule has 0 aliphatic carbocycles. The molecule has 4 unspecified atom stereocenters. The monoisotopic (exact) mass is 209 g/mol. The van der Waals surface area contributed by atoms with E-state index in [-0.39, 0.29) is 6.10 Å². The van der Waals surface area contributed by atoms with E-state index in [4.69, 9.17) is 0 Å². The Bertz CT molecular complexity index is 311. The Kier molecular flexibility index (Phi) is 2.11. The van der Waals surface area contributed by atoms with Gasteiger partial charge < -0.3 is 10.4 Å². The molecule has 4 atom stereocenters. The summed E-state index contributed by atoms with van der Waals surface area (Å²) in [6.07, 6.45) is 3.47. The van der Waals surface area contributed by atoms with Crippen LogP contribution in [0.4, 0.5) is 0 Å². The molecular formula is C11H15NOS. The Morgan fingerprint density at radius 2 is 2.43 bits per heavy atom.